The molecule has 0 saturated carbocycles. The number of benzene rings is 2. The summed E-state index contributed by atoms with van der Waals surface area (Å²) in [4.78, 5) is 22.0. The van der Waals surface area contributed by atoms with Gasteiger partial charge in [-0.3, -0.25) is 9.36 Å². The van der Waals surface area contributed by atoms with Gasteiger partial charge in [0, 0.05) is 19.2 Å². The van der Waals surface area contributed by atoms with E-state index in [-0.39, 0.29) is 5.56 Å². The van der Waals surface area contributed by atoms with Gasteiger partial charge in [0.25, 0.3) is 5.56 Å². The van der Waals surface area contributed by atoms with E-state index in [1.165, 1.54) is 0 Å². The Morgan fingerprint density at radius 3 is 2.41 bits per heavy atom. The maximum atomic E-state index is 13.0. The lowest BCUT2D eigenvalue weighted by atomic mass is 10.1. The molecule has 1 N–H and O–H groups in total. The Hall–Kier alpha value is -2.94. The first kappa shape index (κ1) is 19.4. The van der Waals surface area contributed by atoms with E-state index in [1.807, 2.05) is 67.6 Å². The average Bonchev–Trinajstić information content (AvgIpc) is 2.73. The number of aryl methyl sites for hydroxylation is 1. The fraction of sp³-hybridized carbons (Fsp3) is 0.136. The molecule has 2 aromatic carbocycles. The molecule has 29 heavy (non-hydrogen) atoms. The third-order valence-corrected chi connectivity index (χ3v) is 5.32. The minimum absolute atomic E-state index is 0.105. The van der Waals surface area contributed by atoms with Gasteiger partial charge in [0.2, 0.25) is 5.95 Å². The van der Waals surface area contributed by atoms with E-state index < -0.39 is 0 Å². The molecule has 7 heteroatoms. The first-order valence-corrected chi connectivity index (χ1v) is 10.3. The van der Waals surface area contributed by atoms with Crippen molar-refractivity contribution >= 4 is 39.6 Å². The fourth-order valence-corrected chi connectivity index (χ4v) is 3.69. The molecule has 0 fully saturated rings. The summed E-state index contributed by atoms with van der Waals surface area (Å²) in [5, 5.41) is 3.94. The van der Waals surface area contributed by atoms with Crippen LogP contribution in [0.1, 0.15) is 6.92 Å². The predicted octanol–water partition coefficient (Wildman–Crippen LogP) is 4.82. The standard InChI is InChI=1S/C22H19IN4O2/c1-3-24-22-25-19(23)18-13-17(21(28)27(2)20(18)26-22)14-9-11-16(12-10-14)29-15-7-5-4-6-8-15/h4-13H,3H2,1-2H3,(H,24,25,26). The summed E-state index contributed by atoms with van der Waals surface area (Å²) in [5.74, 6) is 2.00. The van der Waals surface area contributed by atoms with E-state index in [4.69, 9.17) is 4.74 Å². The Morgan fingerprint density at radius 2 is 1.72 bits per heavy atom. The van der Waals surface area contributed by atoms with Gasteiger partial charge in [-0.25, -0.2) is 4.98 Å². The van der Waals surface area contributed by atoms with Crippen LogP contribution in [-0.2, 0) is 7.05 Å². The van der Waals surface area contributed by atoms with Crippen molar-refractivity contribution in [2.45, 2.75) is 6.92 Å². The second-order valence-corrected chi connectivity index (χ2v) is 7.49. The highest BCUT2D eigenvalue weighted by atomic mass is 127. The van der Waals surface area contributed by atoms with Crippen LogP contribution in [0.4, 0.5) is 5.95 Å². The average molecular weight is 498 g/mol. The molecule has 0 aliphatic rings. The Balaban J connectivity index is 1.74. The first-order valence-electron chi connectivity index (χ1n) is 9.21. The topological polar surface area (TPSA) is 69.0 Å². The molecule has 6 nitrogen and oxygen atoms in total. The van der Waals surface area contributed by atoms with Crippen LogP contribution in [0.5, 0.6) is 11.5 Å². The Morgan fingerprint density at radius 1 is 1.03 bits per heavy atom. The zero-order chi connectivity index (χ0) is 20.4. The zero-order valence-electron chi connectivity index (χ0n) is 16.0. The van der Waals surface area contributed by atoms with Crippen LogP contribution in [0.15, 0.2) is 65.5 Å². The number of rotatable bonds is 5. The molecule has 0 unspecified atom stereocenters. The lowest BCUT2D eigenvalue weighted by Crippen LogP contribution is -2.21. The second-order valence-electron chi connectivity index (χ2n) is 6.47. The molecule has 0 spiro atoms. The van der Waals surface area contributed by atoms with Gasteiger partial charge in [0.05, 0.1) is 5.39 Å². The molecule has 4 rings (SSSR count). The maximum absolute atomic E-state index is 13.0. The number of fused-ring (bicyclic) bond motifs is 1. The Labute approximate surface area is 181 Å². The fourth-order valence-electron chi connectivity index (χ4n) is 3.06. The molecule has 0 amide bonds. The molecule has 0 saturated heterocycles. The molecular formula is C22H19IN4O2. The van der Waals surface area contributed by atoms with Gasteiger partial charge in [-0.1, -0.05) is 30.3 Å². The summed E-state index contributed by atoms with van der Waals surface area (Å²) >= 11 is 2.18. The normalized spacial score (nSPS) is 10.9. The first-order chi connectivity index (χ1) is 14.1. The van der Waals surface area contributed by atoms with Crippen molar-refractivity contribution in [2.75, 3.05) is 11.9 Å². The molecule has 146 valence electrons. The second kappa shape index (κ2) is 8.20. The van der Waals surface area contributed by atoms with Crippen molar-refractivity contribution in [3.05, 3.63) is 74.7 Å². The van der Waals surface area contributed by atoms with Crippen molar-refractivity contribution in [3.8, 4) is 22.6 Å². The number of ether oxygens (including phenoxy) is 1. The SMILES string of the molecule is CCNc1nc(I)c2cc(-c3ccc(Oc4ccccc4)cc3)c(=O)n(C)c2n1. The van der Waals surface area contributed by atoms with Crippen LogP contribution in [0.2, 0.25) is 0 Å². The lowest BCUT2D eigenvalue weighted by molar-refractivity contribution is 0.483. The van der Waals surface area contributed by atoms with E-state index in [2.05, 4.69) is 37.9 Å². The van der Waals surface area contributed by atoms with E-state index in [9.17, 15) is 4.79 Å². The minimum Gasteiger partial charge on any atom is -0.457 e. The smallest absolute Gasteiger partial charge is 0.259 e. The van der Waals surface area contributed by atoms with Crippen molar-refractivity contribution in [3.63, 3.8) is 0 Å². The van der Waals surface area contributed by atoms with Crippen LogP contribution in [0, 0.1) is 3.70 Å². The number of pyridine rings is 1. The summed E-state index contributed by atoms with van der Waals surface area (Å²) in [7, 11) is 1.74. The van der Waals surface area contributed by atoms with Gasteiger partial charge < -0.3 is 10.1 Å². The molecule has 2 aromatic heterocycles. The van der Waals surface area contributed by atoms with Crippen LogP contribution in [0.25, 0.3) is 22.2 Å². The van der Waals surface area contributed by atoms with Crippen molar-refractivity contribution in [2.24, 2.45) is 7.05 Å². The van der Waals surface area contributed by atoms with Gasteiger partial charge in [0.1, 0.15) is 20.8 Å². The number of halogens is 1. The maximum Gasteiger partial charge on any atom is 0.259 e. The molecule has 2 heterocycles. The van der Waals surface area contributed by atoms with Gasteiger partial charge in [0.15, 0.2) is 0 Å². The molecule has 0 radical (unpaired) electrons. The van der Waals surface area contributed by atoms with Gasteiger partial charge >= 0.3 is 0 Å². The van der Waals surface area contributed by atoms with Crippen molar-refractivity contribution < 1.29 is 4.74 Å². The number of hydrogen-bond donors (Lipinski definition) is 1. The third-order valence-electron chi connectivity index (χ3n) is 4.50. The predicted molar refractivity (Wildman–Crippen MR) is 124 cm³/mol. The number of anilines is 1. The summed E-state index contributed by atoms with van der Waals surface area (Å²) in [6.45, 7) is 2.69. The van der Waals surface area contributed by atoms with E-state index in [0.717, 1.165) is 20.4 Å². The Bertz CT molecular complexity index is 1220. The molecule has 0 atom stereocenters. The Kier molecular flexibility index (Phi) is 5.48. The highest BCUT2D eigenvalue weighted by Crippen LogP contribution is 2.27. The lowest BCUT2D eigenvalue weighted by Gasteiger charge is -2.12. The number of nitrogens with zero attached hydrogens (tertiary/aromatic N) is 3. The van der Waals surface area contributed by atoms with Crippen LogP contribution < -0.4 is 15.6 Å². The van der Waals surface area contributed by atoms with Gasteiger partial charge in [-0.05, 0) is 65.4 Å². The minimum atomic E-state index is -0.105. The summed E-state index contributed by atoms with van der Waals surface area (Å²) in [6.07, 6.45) is 0. The molecular weight excluding hydrogens is 479 g/mol. The van der Waals surface area contributed by atoms with E-state index in [1.54, 1.807) is 11.6 Å². The van der Waals surface area contributed by atoms with Crippen molar-refractivity contribution in [1.82, 2.24) is 14.5 Å². The summed E-state index contributed by atoms with van der Waals surface area (Å²) in [6, 6.07) is 19.0. The molecule has 0 bridgehead atoms. The molecule has 4 aromatic rings. The van der Waals surface area contributed by atoms with E-state index in [0.29, 0.717) is 29.5 Å². The molecule has 0 aliphatic heterocycles. The summed E-state index contributed by atoms with van der Waals surface area (Å²) < 4.78 is 8.21. The number of nitrogens with one attached hydrogen (secondary N) is 1. The highest BCUT2D eigenvalue weighted by molar-refractivity contribution is 14.1. The molecule has 0 aliphatic carbocycles. The quantitative estimate of drug-likeness (QED) is 0.316. The van der Waals surface area contributed by atoms with Gasteiger partial charge in [-0.15, -0.1) is 0 Å². The highest BCUT2D eigenvalue weighted by Gasteiger charge is 2.14. The van der Waals surface area contributed by atoms with Crippen LogP contribution in [-0.4, -0.2) is 21.1 Å². The number of aromatic nitrogens is 3. The van der Waals surface area contributed by atoms with Gasteiger partial charge in [-0.2, -0.15) is 4.98 Å². The number of para-hydroxylation sites is 1. The van der Waals surface area contributed by atoms with Crippen LogP contribution in [0.3, 0.4) is 0 Å². The monoisotopic (exact) mass is 498 g/mol. The largest absolute Gasteiger partial charge is 0.457 e. The summed E-state index contributed by atoms with van der Waals surface area (Å²) in [5.41, 5.74) is 1.92. The van der Waals surface area contributed by atoms with E-state index >= 15 is 0 Å². The van der Waals surface area contributed by atoms with Crippen molar-refractivity contribution in [1.29, 1.82) is 0 Å². The van der Waals surface area contributed by atoms with Crippen LogP contribution >= 0.6 is 22.6 Å². The number of hydrogen-bond acceptors (Lipinski definition) is 5. The zero-order valence-corrected chi connectivity index (χ0v) is 18.2. The third kappa shape index (κ3) is 3.95.